The molecule has 1 rings (SSSR count). The molecule has 0 bridgehead atoms. The molecule has 9 heavy (non-hydrogen) atoms. The van der Waals surface area contributed by atoms with Gasteiger partial charge in [-0.25, -0.2) is 0 Å². The second-order valence-electron chi connectivity index (χ2n) is 1.98. The molecule has 1 heteroatoms. The summed E-state index contributed by atoms with van der Waals surface area (Å²) in [5, 5.41) is 0. The quantitative estimate of drug-likeness (QED) is 0.516. The molecule has 0 aliphatic heterocycles. The predicted octanol–water partition coefficient (Wildman–Crippen LogP) is 1.75. The van der Waals surface area contributed by atoms with Crippen LogP contribution in [0.3, 0.4) is 0 Å². The van der Waals surface area contributed by atoms with Gasteiger partial charge in [-0.2, -0.15) is 0 Å². The van der Waals surface area contributed by atoms with E-state index in [0.29, 0.717) is 0 Å². The Bertz CT molecular complexity index is 179. The molecule has 1 aromatic heterocycles. The average molecular weight is 116 g/mol. The summed E-state index contributed by atoms with van der Waals surface area (Å²) in [5.41, 5.74) is 1.33. The van der Waals surface area contributed by atoms with Crippen LogP contribution in [0.1, 0.15) is 5.46 Å². The van der Waals surface area contributed by atoms with Crippen molar-refractivity contribution in [3.8, 4) is 0 Å². The van der Waals surface area contributed by atoms with Crippen LogP contribution in [-0.2, 0) is 6.42 Å². The van der Waals surface area contributed by atoms with Crippen molar-refractivity contribution in [1.29, 1.82) is 0 Å². The molecule has 0 aliphatic rings. The van der Waals surface area contributed by atoms with E-state index < -0.39 is 0 Å². The van der Waals surface area contributed by atoms with Crippen molar-refractivity contribution < 1.29 is 0 Å². The molecule has 0 aliphatic carbocycles. The van der Waals surface area contributed by atoms with Gasteiger partial charge in [-0.3, -0.25) is 0 Å². The molecule has 0 atom stereocenters. The summed E-state index contributed by atoms with van der Waals surface area (Å²) in [6.07, 6.45) is 2.89. The van der Waals surface area contributed by atoms with Gasteiger partial charge in [0, 0.05) is 0 Å². The van der Waals surface area contributed by atoms with Gasteiger partial charge in [0.15, 0.2) is 0 Å². The van der Waals surface area contributed by atoms with Crippen molar-refractivity contribution in [2.45, 2.75) is 6.42 Å². The van der Waals surface area contributed by atoms with Crippen LogP contribution >= 0.6 is 0 Å². The molecule has 1 heterocycles. The summed E-state index contributed by atoms with van der Waals surface area (Å²) >= 11 is 0. The maximum atomic E-state index is 3.66. The van der Waals surface area contributed by atoms with Crippen molar-refractivity contribution in [1.82, 2.24) is 0 Å². The second-order valence-corrected chi connectivity index (χ2v) is 1.98. The first-order chi connectivity index (χ1) is 4.43. The Labute approximate surface area is 56.4 Å². The number of rotatable bonds is 2. The summed E-state index contributed by atoms with van der Waals surface area (Å²) in [7, 11) is 0. The van der Waals surface area contributed by atoms with Crippen LogP contribution in [0.4, 0.5) is 0 Å². The van der Waals surface area contributed by atoms with Crippen LogP contribution in [0.2, 0.25) is 0 Å². The third kappa shape index (κ3) is 1.84. The molecule has 0 fully saturated rings. The van der Waals surface area contributed by atoms with Crippen LogP contribution in [0.15, 0.2) is 36.8 Å². The van der Waals surface area contributed by atoms with E-state index in [4.69, 9.17) is 0 Å². The van der Waals surface area contributed by atoms with Gasteiger partial charge in [0.05, 0.1) is 0 Å². The standard InChI is InChI=1S/C8H9B/c1-2-5-8-6-3-4-7-9-8/h2-4,6-7H,1,5H2. The Kier molecular flexibility index (Phi) is 2.26. The van der Waals surface area contributed by atoms with Crippen LogP contribution in [0.25, 0.3) is 0 Å². The molecular weight excluding hydrogens is 107 g/mol. The van der Waals surface area contributed by atoms with Gasteiger partial charge in [0.2, 0.25) is 0 Å². The first kappa shape index (κ1) is 6.28. The van der Waals surface area contributed by atoms with E-state index >= 15 is 0 Å². The Morgan fingerprint density at radius 2 is 2.44 bits per heavy atom. The van der Waals surface area contributed by atoms with E-state index in [9.17, 15) is 0 Å². The Morgan fingerprint density at radius 1 is 1.56 bits per heavy atom. The van der Waals surface area contributed by atoms with Crippen molar-refractivity contribution in [2.24, 2.45) is 0 Å². The van der Waals surface area contributed by atoms with E-state index in [1.165, 1.54) is 5.46 Å². The minimum atomic E-state index is 0.973. The van der Waals surface area contributed by atoms with Gasteiger partial charge in [-0.15, -0.1) is 0 Å². The zero-order chi connectivity index (χ0) is 6.53. The molecule has 0 saturated heterocycles. The number of allylic oxidation sites excluding steroid dienone is 1. The van der Waals surface area contributed by atoms with Gasteiger partial charge in [0.1, 0.15) is 0 Å². The molecule has 0 N–H and O–H groups in total. The number of hydrogen-bond donors (Lipinski definition) is 0. The fourth-order valence-electron chi connectivity index (χ4n) is 0.781. The van der Waals surface area contributed by atoms with E-state index in [0.717, 1.165) is 6.42 Å². The summed E-state index contributed by atoms with van der Waals surface area (Å²) < 4.78 is 0. The van der Waals surface area contributed by atoms with Crippen LogP contribution in [-0.4, -0.2) is 6.91 Å². The maximum absolute atomic E-state index is 3.66. The second kappa shape index (κ2) is 3.23. The van der Waals surface area contributed by atoms with Crippen molar-refractivity contribution in [2.75, 3.05) is 0 Å². The van der Waals surface area contributed by atoms with Gasteiger partial charge in [-0.1, -0.05) is 0 Å². The molecule has 0 radical (unpaired) electrons. The fraction of sp³-hybridized carbons (Fsp3) is 0.125. The third-order valence-corrected chi connectivity index (χ3v) is 1.22. The summed E-state index contributed by atoms with van der Waals surface area (Å²) in [6, 6.07) is 6.16. The third-order valence-electron chi connectivity index (χ3n) is 1.22. The monoisotopic (exact) mass is 116 g/mol. The number of hydrogen-bond acceptors (Lipinski definition) is 0. The normalized spacial score (nSPS) is 8.44. The molecular formula is C8H9B. The molecule has 44 valence electrons. The van der Waals surface area contributed by atoms with E-state index in [-0.39, 0.29) is 0 Å². The Balaban J connectivity index is 2.72. The summed E-state index contributed by atoms with van der Waals surface area (Å²) in [6.45, 7) is 5.75. The molecule has 0 aromatic carbocycles. The van der Waals surface area contributed by atoms with Gasteiger partial charge in [0.25, 0.3) is 0 Å². The molecule has 1 aromatic rings. The van der Waals surface area contributed by atoms with Crippen LogP contribution < -0.4 is 0 Å². The topological polar surface area (TPSA) is 0 Å². The molecule has 0 nitrogen and oxygen atoms in total. The molecule has 0 amide bonds. The first-order valence-corrected chi connectivity index (χ1v) is 3.08. The average Bonchev–Trinajstić information content (AvgIpc) is 1.91. The molecule has 0 saturated carbocycles. The van der Waals surface area contributed by atoms with E-state index in [1.54, 1.807) is 0 Å². The fourth-order valence-corrected chi connectivity index (χ4v) is 0.781. The molecule has 0 spiro atoms. The Morgan fingerprint density at radius 3 is 3.00 bits per heavy atom. The predicted molar refractivity (Wildman–Crippen MR) is 41.7 cm³/mol. The van der Waals surface area contributed by atoms with E-state index in [1.807, 2.05) is 24.2 Å². The zero-order valence-corrected chi connectivity index (χ0v) is 5.38. The van der Waals surface area contributed by atoms with E-state index in [2.05, 4.69) is 19.6 Å². The summed E-state index contributed by atoms with van der Waals surface area (Å²) in [4.78, 5) is 0. The van der Waals surface area contributed by atoms with Crippen LogP contribution in [0.5, 0.6) is 0 Å². The first-order valence-electron chi connectivity index (χ1n) is 3.08. The van der Waals surface area contributed by atoms with Crippen molar-refractivity contribution in [3.05, 3.63) is 42.3 Å². The van der Waals surface area contributed by atoms with Crippen molar-refractivity contribution in [3.63, 3.8) is 0 Å². The Hall–Kier alpha value is -0.845. The van der Waals surface area contributed by atoms with Gasteiger partial charge < -0.3 is 0 Å². The molecule has 0 unspecified atom stereocenters. The summed E-state index contributed by atoms with van der Waals surface area (Å²) in [5.74, 6) is 2.04. The van der Waals surface area contributed by atoms with Gasteiger partial charge >= 0.3 is 55.6 Å². The van der Waals surface area contributed by atoms with Crippen LogP contribution in [0, 0.1) is 0 Å². The SMILES string of the molecule is C=CCc1bcccc1. The zero-order valence-electron chi connectivity index (χ0n) is 5.38. The minimum absolute atomic E-state index is 0.973. The van der Waals surface area contributed by atoms with Gasteiger partial charge in [-0.05, 0) is 0 Å². The van der Waals surface area contributed by atoms with Crippen molar-refractivity contribution >= 4 is 6.91 Å².